The van der Waals surface area contributed by atoms with Gasteiger partial charge in [-0.3, -0.25) is 14.5 Å². The van der Waals surface area contributed by atoms with E-state index < -0.39 is 0 Å². The molecule has 0 radical (unpaired) electrons. The van der Waals surface area contributed by atoms with Crippen molar-refractivity contribution in [1.82, 2.24) is 4.90 Å². The molecule has 1 N–H and O–H groups in total. The maximum Gasteiger partial charge on any atom is 0.231 e. The Bertz CT molecular complexity index is 1090. The van der Waals surface area contributed by atoms with Gasteiger partial charge in [0.05, 0.1) is 31.1 Å². The van der Waals surface area contributed by atoms with Crippen LogP contribution in [0.3, 0.4) is 0 Å². The molecule has 2 aromatic carbocycles. The summed E-state index contributed by atoms with van der Waals surface area (Å²) in [5, 5.41) is 3.04. The standard InChI is InChI=1S/C25H26N2O6/c28-20-15-19(26-17-6-7-21-23(14-17)33-16-32-21)25(29)18-4-3-5-22(24(18)20)31-11-2-1-8-27-9-12-30-13-10-27/h3-7,14-15,26H,1-2,8-13,16H2. The van der Waals surface area contributed by atoms with Crippen molar-refractivity contribution >= 4 is 17.3 Å². The van der Waals surface area contributed by atoms with E-state index in [1.165, 1.54) is 6.08 Å². The van der Waals surface area contributed by atoms with Crippen molar-refractivity contribution in [3.05, 3.63) is 59.3 Å². The van der Waals surface area contributed by atoms with E-state index in [9.17, 15) is 9.59 Å². The van der Waals surface area contributed by atoms with E-state index >= 15 is 0 Å². The number of unbranched alkanes of at least 4 members (excludes halogenated alkanes) is 1. The Labute approximate surface area is 192 Å². The number of benzene rings is 2. The van der Waals surface area contributed by atoms with Crippen LogP contribution < -0.4 is 19.5 Å². The number of allylic oxidation sites excluding steroid dienone is 2. The minimum absolute atomic E-state index is 0.169. The van der Waals surface area contributed by atoms with Crippen LogP contribution in [0.15, 0.2) is 48.2 Å². The molecule has 0 aromatic heterocycles. The zero-order chi connectivity index (χ0) is 22.6. The Balaban J connectivity index is 1.22. The van der Waals surface area contributed by atoms with Crippen molar-refractivity contribution in [1.29, 1.82) is 0 Å². The highest BCUT2D eigenvalue weighted by atomic mass is 16.7. The molecule has 0 bridgehead atoms. The molecule has 2 heterocycles. The minimum Gasteiger partial charge on any atom is -0.493 e. The minimum atomic E-state index is -0.253. The summed E-state index contributed by atoms with van der Waals surface area (Å²) >= 11 is 0. The van der Waals surface area contributed by atoms with Crippen LogP contribution >= 0.6 is 0 Å². The SMILES string of the molecule is O=C1C(Nc2ccc3c(c2)OCO3)=CC(=O)c2c(OCCCCN3CCOCC3)cccc21. The largest absolute Gasteiger partial charge is 0.493 e. The third-order valence-corrected chi connectivity index (χ3v) is 5.92. The molecule has 172 valence electrons. The van der Waals surface area contributed by atoms with E-state index in [1.807, 2.05) is 0 Å². The van der Waals surface area contributed by atoms with Crippen molar-refractivity contribution in [2.45, 2.75) is 12.8 Å². The van der Waals surface area contributed by atoms with Gasteiger partial charge in [0.15, 0.2) is 17.3 Å². The number of nitrogens with zero attached hydrogens (tertiary/aromatic N) is 1. The van der Waals surface area contributed by atoms with Gasteiger partial charge in [-0.15, -0.1) is 0 Å². The van der Waals surface area contributed by atoms with E-state index in [4.69, 9.17) is 18.9 Å². The Morgan fingerprint density at radius 1 is 1.00 bits per heavy atom. The highest BCUT2D eigenvalue weighted by molar-refractivity contribution is 6.26. The first-order valence-electron chi connectivity index (χ1n) is 11.2. The predicted molar refractivity (Wildman–Crippen MR) is 121 cm³/mol. The Hall–Kier alpha value is -3.36. The van der Waals surface area contributed by atoms with Crippen molar-refractivity contribution in [3.8, 4) is 17.2 Å². The first-order chi connectivity index (χ1) is 16.2. The monoisotopic (exact) mass is 450 g/mol. The highest BCUT2D eigenvalue weighted by Gasteiger charge is 2.29. The summed E-state index contributed by atoms with van der Waals surface area (Å²) in [6, 6.07) is 10.4. The second-order valence-corrected chi connectivity index (χ2v) is 8.13. The molecule has 0 amide bonds. The summed E-state index contributed by atoms with van der Waals surface area (Å²) in [7, 11) is 0. The van der Waals surface area contributed by atoms with Crippen LogP contribution in [-0.4, -0.2) is 62.7 Å². The van der Waals surface area contributed by atoms with E-state index in [2.05, 4.69) is 10.2 Å². The number of hydrogen-bond donors (Lipinski definition) is 1. The second kappa shape index (κ2) is 9.64. The first kappa shape index (κ1) is 21.5. The van der Waals surface area contributed by atoms with Crippen molar-refractivity contribution in [2.24, 2.45) is 0 Å². The summed E-state index contributed by atoms with van der Waals surface area (Å²) in [5.41, 5.74) is 1.53. The molecule has 33 heavy (non-hydrogen) atoms. The molecule has 3 aliphatic rings. The lowest BCUT2D eigenvalue weighted by molar-refractivity contribution is 0.0368. The lowest BCUT2D eigenvalue weighted by atomic mass is 9.91. The van der Waals surface area contributed by atoms with Gasteiger partial charge >= 0.3 is 0 Å². The Morgan fingerprint density at radius 2 is 1.85 bits per heavy atom. The number of anilines is 1. The number of morpholine rings is 1. The summed E-state index contributed by atoms with van der Waals surface area (Å²) in [5.74, 6) is 1.20. The van der Waals surface area contributed by atoms with Crippen LogP contribution in [0.1, 0.15) is 33.6 Å². The third-order valence-electron chi connectivity index (χ3n) is 5.92. The van der Waals surface area contributed by atoms with E-state index in [1.54, 1.807) is 36.4 Å². The summed E-state index contributed by atoms with van der Waals surface area (Å²) in [6.45, 7) is 5.20. The van der Waals surface area contributed by atoms with Gasteiger partial charge in [-0.05, 0) is 43.7 Å². The lowest BCUT2D eigenvalue weighted by Gasteiger charge is -2.26. The van der Waals surface area contributed by atoms with Gasteiger partial charge in [-0.25, -0.2) is 0 Å². The van der Waals surface area contributed by atoms with E-state index in [0.717, 1.165) is 45.7 Å². The van der Waals surface area contributed by atoms with Gasteiger partial charge in [0, 0.05) is 36.5 Å². The molecular weight excluding hydrogens is 424 g/mol. The van der Waals surface area contributed by atoms with Gasteiger partial charge in [0.1, 0.15) is 5.75 Å². The fourth-order valence-corrected chi connectivity index (χ4v) is 4.18. The normalized spacial score (nSPS) is 17.5. The molecule has 8 nitrogen and oxygen atoms in total. The quantitative estimate of drug-likeness (QED) is 0.614. The number of carbonyl (C=O) groups is 2. The number of hydrogen-bond acceptors (Lipinski definition) is 8. The van der Waals surface area contributed by atoms with Crippen molar-refractivity contribution < 1.29 is 28.5 Å². The summed E-state index contributed by atoms with van der Waals surface area (Å²) in [6.07, 6.45) is 3.21. The van der Waals surface area contributed by atoms with Gasteiger partial charge in [-0.2, -0.15) is 0 Å². The molecule has 0 atom stereocenters. The average Bonchev–Trinajstić information content (AvgIpc) is 3.31. The number of ketones is 2. The number of Topliss-reactive ketones (excluding diaryl/α,β-unsaturated/α-hetero) is 1. The molecule has 1 aliphatic carbocycles. The van der Waals surface area contributed by atoms with Crippen LogP contribution in [-0.2, 0) is 4.74 Å². The van der Waals surface area contributed by atoms with E-state index in [0.29, 0.717) is 40.7 Å². The number of fused-ring (bicyclic) bond motifs is 2. The van der Waals surface area contributed by atoms with Crippen LogP contribution in [0.5, 0.6) is 17.2 Å². The topological polar surface area (TPSA) is 86.3 Å². The van der Waals surface area contributed by atoms with Crippen LogP contribution in [0, 0.1) is 0 Å². The van der Waals surface area contributed by atoms with Gasteiger partial charge in [0.2, 0.25) is 12.6 Å². The van der Waals surface area contributed by atoms with Crippen molar-refractivity contribution in [3.63, 3.8) is 0 Å². The molecule has 0 unspecified atom stereocenters. The third kappa shape index (κ3) is 4.72. The smallest absolute Gasteiger partial charge is 0.231 e. The van der Waals surface area contributed by atoms with Crippen LogP contribution in [0.25, 0.3) is 0 Å². The fraction of sp³-hybridized carbons (Fsp3) is 0.360. The molecule has 8 heteroatoms. The molecule has 0 spiro atoms. The average molecular weight is 450 g/mol. The number of carbonyl (C=O) groups excluding carboxylic acids is 2. The Kier molecular flexibility index (Phi) is 6.28. The predicted octanol–water partition coefficient (Wildman–Crippen LogP) is 3.28. The highest BCUT2D eigenvalue weighted by Crippen LogP contribution is 2.35. The maximum atomic E-state index is 13.1. The molecule has 0 saturated carbocycles. The van der Waals surface area contributed by atoms with Gasteiger partial charge in [0.25, 0.3) is 0 Å². The zero-order valence-electron chi connectivity index (χ0n) is 18.3. The zero-order valence-corrected chi connectivity index (χ0v) is 18.3. The van der Waals surface area contributed by atoms with Gasteiger partial charge in [-0.1, -0.05) is 6.07 Å². The molecule has 1 saturated heterocycles. The number of nitrogens with one attached hydrogen (secondary N) is 1. The fourth-order valence-electron chi connectivity index (χ4n) is 4.18. The van der Waals surface area contributed by atoms with Crippen molar-refractivity contribution in [2.75, 3.05) is 51.6 Å². The Morgan fingerprint density at radius 3 is 2.73 bits per heavy atom. The second-order valence-electron chi connectivity index (χ2n) is 8.13. The number of rotatable bonds is 8. The summed E-state index contributed by atoms with van der Waals surface area (Å²) < 4.78 is 22.0. The maximum absolute atomic E-state index is 13.1. The summed E-state index contributed by atoms with van der Waals surface area (Å²) in [4.78, 5) is 28.4. The molecular formula is C25H26N2O6. The van der Waals surface area contributed by atoms with Crippen LogP contribution in [0.4, 0.5) is 5.69 Å². The molecule has 1 fully saturated rings. The molecule has 2 aromatic rings. The van der Waals surface area contributed by atoms with Crippen LogP contribution in [0.2, 0.25) is 0 Å². The lowest BCUT2D eigenvalue weighted by Crippen LogP contribution is -2.36. The molecule has 2 aliphatic heterocycles. The molecule has 5 rings (SSSR count). The first-order valence-corrected chi connectivity index (χ1v) is 11.2. The van der Waals surface area contributed by atoms with E-state index in [-0.39, 0.29) is 24.1 Å². The number of ether oxygens (including phenoxy) is 4. The van der Waals surface area contributed by atoms with Gasteiger partial charge < -0.3 is 24.3 Å².